The van der Waals surface area contributed by atoms with Crippen molar-refractivity contribution in [3.8, 4) is 5.75 Å². The van der Waals surface area contributed by atoms with E-state index in [4.69, 9.17) is 10.5 Å². The van der Waals surface area contributed by atoms with Crippen LogP contribution < -0.4 is 15.8 Å². The maximum atomic E-state index is 5.60. The van der Waals surface area contributed by atoms with E-state index < -0.39 is 0 Å². The molecule has 1 aromatic heterocycles. The second-order valence-corrected chi connectivity index (χ2v) is 3.88. The molecule has 2 aromatic rings. The lowest BCUT2D eigenvalue weighted by atomic mass is 10.3. The quantitative estimate of drug-likeness (QED) is 0.604. The zero-order valence-electron chi connectivity index (χ0n) is 10.5. The van der Waals surface area contributed by atoms with Gasteiger partial charge in [-0.25, -0.2) is 4.98 Å². The number of nitrogens with two attached hydrogens (primary N) is 1. The molecule has 2 rings (SSSR count). The van der Waals surface area contributed by atoms with Crippen LogP contribution in [0.5, 0.6) is 5.75 Å². The topological polar surface area (TPSA) is 65.1 Å². The van der Waals surface area contributed by atoms with E-state index in [1.54, 1.807) is 6.20 Å². The molecule has 0 amide bonds. The molecule has 0 atom stereocenters. The van der Waals surface area contributed by atoms with E-state index in [9.17, 15) is 0 Å². The van der Waals surface area contributed by atoms with Gasteiger partial charge < -0.3 is 20.4 Å². The molecule has 18 heavy (non-hydrogen) atoms. The van der Waals surface area contributed by atoms with Crippen molar-refractivity contribution in [2.45, 2.75) is 13.5 Å². The first-order chi connectivity index (χ1) is 8.79. The van der Waals surface area contributed by atoms with Crippen LogP contribution in [0, 0.1) is 0 Å². The Morgan fingerprint density at radius 3 is 2.83 bits per heavy atom. The lowest BCUT2D eigenvalue weighted by molar-refractivity contribution is 0.332. The largest absolute Gasteiger partial charge is 0.492 e. The second-order valence-electron chi connectivity index (χ2n) is 3.88. The molecule has 5 nitrogen and oxygen atoms in total. The Morgan fingerprint density at radius 2 is 2.11 bits per heavy atom. The van der Waals surface area contributed by atoms with Crippen LogP contribution in [0.15, 0.2) is 36.7 Å². The van der Waals surface area contributed by atoms with Gasteiger partial charge in [-0.05, 0) is 31.2 Å². The molecule has 1 aromatic carbocycles. The highest BCUT2D eigenvalue weighted by Crippen LogP contribution is 2.12. The summed E-state index contributed by atoms with van der Waals surface area (Å²) >= 11 is 0. The third kappa shape index (κ3) is 3.16. The highest BCUT2D eigenvalue weighted by Gasteiger charge is 1.99. The molecule has 96 valence electrons. The van der Waals surface area contributed by atoms with Gasteiger partial charge in [0.25, 0.3) is 0 Å². The Kier molecular flexibility index (Phi) is 4.06. The summed E-state index contributed by atoms with van der Waals surface area (Å²) in [5.41, 5.74) is 6.34. The number of nitrogen functional groups attached to an aromatic ring is 1. The van der Waals surface area contributed by atoms with E-state index in [0.29, 0.717) is 13.2 Å². The average Bonchev–Trinajstić information content (AvgIpc) is 2.84. The number of benzene rings is 1. The van der Waals surface area contributed by atoms with Crippen LogP contribution in [0.3, 0.4) is 0 Å². The van der Waals surface area contributed by atoms with Gasteiger partial charge in [-0.15, -0.1) is 0 Å². The van der Waals surface area contributed by atoms with Gasteiger partial charge in [0, 0.05) is 24.6 Å². The number of nitrogens with zero attached hydrogens (tertiary/aromatic N) is 2. The molecule has 0 fully saturated rings. The molecular weight excluding hydrogens is 228 g/mol. The first-order valence-electron chi connectivity index (χ1n) is 6.03. The Bertz CT molecular complexity index is 478. The fraction of sp³-hybridized carbons (Fsp3) is 0.308. The van der Waals surface area contributed by atoms with Crippen LogP contribution in [0.4, 0.5) is 11.6 Å². The average molecular weight is 246 g/mol. The smallest absolute Gasteiger partial charge is 0.202 e. The van der Waals surface area contributed by atoms with Crippen molar-refractivity contribution in [2.24, 2.45) is 0 Å². The molecule has 0 aliphatic heterocycles. The Labute approximate surface area is 107 Å². The van der Waals surface area contributed by atoms with Gasteiger partial charge in [-0.3, -0.25) is 0 Å². The summed E-state index contributed by atoms with van der Waals surface area (Å²) in [6.45, 7) is 4.28. The van der Waals surface area contributed by atoms with Gasteiger partial charge in [-0.2, -0.15) is 0 Å². The van der Waals surface area contributed by atoms with Crippen molar-refractivity contribution in [1.82, 2.24) is 9.55 Å². The Hall–Kier alpha value is -2.17. The summed E-state index contributed by atoms with van der Waals surface area (Å²) in [4.78, 5) is 4.22. The maximum Gasteiger partial charge on any atom is 0.202 e. The first kappa shape index (κ1) is 12.3. The number of nitrogens with one attached hydrogen (secondary N) is 1. The van der Waals surface area contributed by atoms with Crippen LogP contribution in [0.2, 0.25) is 0 Å². The van der Waals surface area contributed by atoms with E-state index in [-0.39, 0.29) is 0 Å². The van der Waals surface area contributed by atoms with Gasteiger partial charge in [0.1, 0.15) is 12.4 Å². The number of ether oxygens (including phenoxy) is 1. The molecule has 0 aliphatic rings. The summed E-state index contributed by atoms with van der Waals surface area (Å²) < 4.78 is 7.62. The molecule has 3 N–H and O–H groups in total. The zero-order valence-corrected chi connectivity index (χ0v) is 10.5. The second kappa shape index (κ2) is 5.95. The Balaban J connectivity index is 1.74. The third-order valence-electron chi connectivity index (χ3n) is 2.59. The van der Waals surface area contributed by atoms with Crippen LogP contribution in [-0.2, 0) is 6.54 Å². The minimum absolute atomic E-state index is 0.584. The van der Waals surface area contributed by atoms with Crippen molar-refractivity contribution in [3.63, 3.8) is 0 Å². The van der Waals surface area contributed by atoms with Crippen LogP contribution in [0.1, 0.15) is 6.92 Å². The molecule has 0 bridgehead atoms. The van der Waals surface area contributed by atoms with Gasteiger partial charge in [-0.1, -0.05) is 0 Å². The number of imidazole rings is 1. The lowest BCUT2D eigenvalue weighted by Gasteiger charge is -2.09. The number of anilines is 2. The molecule has 1 heterocycles. The third-order valence-corrected chi connectivity index (χ3v) is 2.59. The van der Waals surface area contributed by atoms with E-state index in [1.165, 1.54) is 0 Å². The summed E-state index contributed by atoms with van der Waals surface area (Å²) in [6, 6.07) is 7.38. The van der Waals surface area contributed by atoms with E-state index in [0.717, 1.165) is 23.9 Å². The van der Waals surface area contributed by atoms with E-state index in [2.05, 4.69) is 17.2 Å². The molecule has 5 heteroatoms. The number of aromatic nitrogens is 2. The normalized spacial score (nSPS) is 10.3. The van der Waals surface area contributed by atoms with Gasteiger partial charge >= 0.3 is 0 Å². The molecule has 0 saturated carbocycles. The first-order valence-corrected chi connectivity index (χ1v) is 6.03. The van der Waals surface area contributed by atoms with Crippen LogP contribution in [-0.4, -0.2) is 22.7 Å². The monoisotopic (exact) mass is 246 g/mol. The van der Waals surface area contributed by atoms with Crippen molar-refractivity contribution in [3.05, 3.63) is 36.7 Å². The molecule has 0 radical (unpaired) electrons. The summed E-state index contributed by atoms with van der Waals surface area (Å²) in [6.07, 6.45) is 3.73. The standard InChI is InChI=1S/C13H18N4O/c1-2-17-9-7-15-13(17)16-8-10-18-12-5-3-11(14)4-6-12/h3-7,9H,2,8,10,14H2,1H3,(H,15,16). The summed E-state index contributed by atoms with van der Waals surface area (Å²) in [5, 5.41) is 3.23. The fourth-order valence-corrected chi connectivity index (χ4v) is 1.63. The minimum atomic E-state index is 0.584. The zero-order chi connectivity index (χ0) is 12.8. The molecule has 0 unspecified atom stereocenters. The van der Waals surface area contributed by atoms with Crippen LogP contribution in [0.25, 0.3) is 0 Å². The van der Waals surface area contributed by atoms with Crippen molar-refractivity contribution < 1.29 is 4.74 Å². The van der Waals surface area contributed by atoms with Crippen molar-refractivity contribution in [2.75, 3.05) is 24.2 Å². The van der Waals surface area contributed by atoms with Gasteiger partial charge in [0.05, 0.1) is 6.54 Å². The highest BCUT2D eigenvalue weighted by atomic mass is 16.5. The number of aryl methyl sites for hydroxylation is 1. The van der Waals surface area contributed by atoms with Crippen molar-refractivity contribution >= 4 is 11.6 Å². The highest BCUT2D eigenvalue weighted by molar-refractivity contribution is 5.41. The Morgan fingerprint density at radius 1 is 1.33 bits per heavy atom. The predicted octanol–water partition coefficient (Wildman–Crippen LogP) is 1.98. The maximum absolute atomic E-state index is 5.60. The molecule has 0 aliphatic carbocycles. The number of rotatable bonds is 6. The SMILES string of the molecule is CCn1ccnc1NCCOc1ccc(N)cc1. The number of hydrogen-bond acceptors (Lipinski definition) is 4. The van der Waals surface area contributed by atoms with Gasteiger partial charge in [0.15, 0.2) is 0 Å². The summed E-state index contributed by atoms with van der Waals surface area (Å²) in [7, 11) is 0. The minimum Gasteiger partial charge on any atom is -0.492 e. The van der Waals surface area contributed by atoms with Gasteiger partial charge in [0.2, 0.25) is 5.95 Å². The van der Waals surface area contributed by atoms with Crippen LogP contribution >= 0.6 is 0 Å². The molecule has 0 spiro atoms. The molecule has 0 saturated heterocycles. The predicted molar refractivity (Wildman–Crippen MR) is 72.7 cm³/mol. The summed E-state index contributed by atoms with van der Waals surface area (Å²) in [5.74, 6) is 1.70. The molecular formula is C13H18N4O. The number of hydrogen-bond donors (Lipinski definition) is 2. The van der Waals surface area contributed by atoms with Crippen molar-refractivity contribution in [1.29, 1.82) is 0 Å². The van der Waals surface area contributed by atoms with E-state index in [1.807, 2.05) is 35.0 Å². The fourth-order valence-electron chi connectivity index (χ4n) is 1.63. The lowest BCUT2D eigenvalue weighted by Crippen LogP contribution is -2.14. The van der Waals surface area contributed by atoms with E-state index >= 15 is 0 Å².